The number of carboxylic acids is 1. The molecule has 7 heteroatoms. The Morgan fingerprint density at radius 2 is 1.95 bits per heavy atom. The molecule has 0 aliphatic carbocycles. The summed E-state index contributed by atoms with van der Waals surface area (Å²) < 4.78 is 5.20. The maximum atomic E-state index is 11.3. The number of rotatable bonds is 5. The van der Waals surface area contributed by atoms with Crippen LogP contribution in [0.4, 0.5) is 5.69 Å². The number of aromatic carboxylic acids is 1. The molecule has 2 rings (SSSR count). The van der Waals surface area contributed by atoms with Crippen molar-refractivity contribution in [1.82, 2.24) is 0 Å². The van der Waals surface area contributed by atoms with Crippen LogP contribution in [-0.4, -0.2) is 23.1 Å². The third-order valence-corrected chi connectivity index (χ3v) is 3.83. The number of methoxy groups -OCH3 is 1. The lowest BCUT2D eigenvalue weighted by Gasteiger charge is -2.09. The Bertz CT molecular complexity index is 702. The van der Waals surface area contributed by atoms with Crippen LogP contribution in [0.1, 0.15) is 10.4 Å². The molecule has 0 amide bonds. The standard InChI is InChI=1S/C14H11NO5S/c1-20-11-4-2-3-5-13(11)21-12-7-6-9(15(18)19)8-10(12)14(16)17/h2-8H,1H3,(H,16,17). The number of hydrogen-bond acceptors (Lipinski definition) is 5. The lowest BCUT2D eigenvalue weighted by atomic mass is 10.2. The third kappa shape index (κ3) is 3.32. The third-order valence-electron chi connectivity index (χ3n) is 2.69. The number of carboxylic acid groups (broad SMARTS) is 1. The predicted molar refractivity (Wildman–Crippen MR) is 77.2 cm³/mol. The van der Waals surface area contributed by atoms with Gasteiger partial charge in [-0.3, -0.25) is 10.1 Å². The van der Waals surface area contributed by atoms with Gasteiger partial charge in [-0.25, -0.2) is 4.79 Å². The van der Waals surface area contributed by atoms with Crippen molar-refractivity contribution in [3.8, 4) is 5.75 Å². The monoisotopic (exact) mass is 305 g/mol. The first kappa shape index (κ1) is 14.9. The van der Waals surface area contributed by atoms with Crippen molar-refractivity contribution in [3.63, 3.8) is 0 Å². The SMILES string of the molecule is COc1ccccc1Sc1ccc([N+](=O)[O-])cc1C(=O)O. The van der Waals surface area contributed by atoms with Gasteiger partial charge in [0.15, 0.2) is 0 Å². The van der Waals surface area contributed by atoms with Gasteiger partial charge >= 0.3 is 5.97 Å². The van der Waals surface area contributed by atoms with Crippen LogP contribution in [0.2, 0.25) is 0 Å². The summed E-state index contributed by atoms with van der Waals surface area (Å²) in [6.45, 7) is 0. The fourth-order valence-electron chi connectivity index (χ4n) is 1.71. The zero-order valence-corrected chi connectivity index (χ0v) is 11.8. The maximum Gasteiger partial charge on any atom is 0.337 e. The topological polar surface area (TPSA) is 89.7 Å². The maximum absolute atomic E-state index is 11.3. The minimum Gasteiger partial charge on any atom is -0.496 e. The first-order valence-electron chi connectivity index (χ1n) is 5.85. The number of nitro groups is 1. The van der Waals surface area contributed by atoms with Gasteiger partial charge in [0, 0.05) is 17.0 Å². The molecule has 0 aromatic heterocycles. The summed E-state index contributed by atoms with van der Waals surface area (Å²) >= 11 is 1.19. The van der Waals surface area contributed by atoms with Crippen LogP contribution in [0.15, 0.2) is 52.3 Å². The Labute approximate surface area is 124 Å². The summed E-state index contributed by atoms with van der Waals surface area (Å²) in [7, 11) is 1.52. The minimum atomic E-state index is -1.21. The molecule has 0 atom stereocenters. The second-order valence-corrected chi connectivity index (χ2v) is 5.08. The molecular formula is C14H11NO5S. The second-order valence-electron chi connectivity index (χ2n) is 4.00. The van der Waals surface area contributed by atoms with E-state index in [4.69, 9.17) is 4.74 Å². The van der Waals surface area contributed by atoms with E-state index in [-0.39, 0.29) is 11.3 Å². The van der Waals surface area contributed by atoms with Crippen molar-refractivity contribution < 1.29 is 19.6 Å². The smallest absolute Gasteiger partial charge is 0.337 e. The van der Waals surface area contributed by atoms with E-state index in [1.807, 2.05) is 0 Å². The van der Waals surface area contributed by atoms with Gasteiger partial charge in [0.05, 0.1) is 22.5 Å². The summed E-state index contributed by atoms with van der Waals surface area (Å²) in [6.07, 6.45) is 0. The molecule has 0 aliphatic rings. The zero-order chi connectivity index (χ0) is 15.4. The highest BCUT2D eigenvalue weighted by molar-refractivity contribution is 7.99. The molecule has 0 radical (unpaired) electrons. The average molecular weight is 305 g/mol. The highest BCUT2D eigenvalue weighted by Gasteiger charge is 2.17. The van der Waals surface area contributed by atoms with E-state index in [0.717, 1.165) is 11.0 Å². The van der Waals surface area contributed by atoms with Gasteiger partial charge in [0.1, 0.15) is 5.75 Å². The van der Waals surface area contributed by atoms with Gasteiger partial charge < -0.3 is 9.84 Å². The van der Waals surface area contributed by atoms with Crippen LogP contribution in [0.3, 0.4) is 0 Å². The first-order valence-corrected chi connectivity index (χ1v) is 6.67. The average Bonchev–Trinajstić information content (AvgIpc) is 2.47. The van der Waals surface area contributed by atoms with E-state index in [1.165, 1.54) is 31.0 Å². The molecule has 2 aromatic rings. The lowest BCUT2D eigenvalue weighted by molar-refractivity contribution is -0.384. The van der Waals surface area contributed by atoms with E-state index >= 15 is 0 Å². The van der Waals surface area contributed by atoms with Crippen molar-refractivity contribution in [1.29, 1.82) is 0 Å². The van der Waals surface area contributed by atoms with Gasteiger partial charge in [-0.15, -0.1) is 0 Å². The Kier molecular flexibility index (Phi) is 4.44. The van der Waals surface area contributed by atoms with E-state index in [9.17, 15) is 20.0 Å². The summed E-state index contributed by atoms with van der Waals surface area (Å²) in [4.78, 5) is 22.5. The van der Waals surface area contributed by atoms with Gasteiger partial charge in [0.25, 0.3) is 5.69 Å². The Morgan fingerprint density at radius 3 is 2.57 bits per heavy atom. The number of carbonyl (C=O) groups is 1. The Morgan fingerprint density at radius 1 is 1.24 bits per heavy atom. The highest BCUT2D eigenvalue weighted by atomic mass is 32.2. The predicted octanol–water partition coefficient (Wildman–Crippen LogP) is 3.45. The Hall–Kier alpha value is -2.54. The number of ether oxygens (including phenoxy) is 1. The molecule has 0 saturated heterocycles. The minimum absolute atomic E-state index is 0.111. The Balaban J connectivity index is 2.44. The molecule has 1 N–H and O–H groups in total. The molecule has 0 aliphatic heterocycles. The van der Waals surface area contributed by atoms with Crippen molar-refractivity contribution >= 4 is 23.4 Å². The summed E-state index contributed by atoms with van der Waals surface area (Å²) in [5, 5.41) is 19.9. The molecule has 2 aromatic carbocycles. The van der Waals surface area contributed by atoms with Gasteiger partial charge in [0.2, 0.25) is 0 Å². The van der Waals surface area contributed by atoms with Crippen LogP contribution in [0.25, 0.3) is 0 Å². The highest BCUT2D eigenvalue weighted by Crippen LogP contribution is 2.37. The van der Waals surface area contributed by atoms with Gasteiger partial charge in [-0.05, 0) is 18.2 Å². The molecule has 0 fully saturated rings. The molecule has 0 spiro atoms. The van der Waals surface area contributed by atoms with Gasteiger partial charge in [-0.1, -0.05) is 23.9 Å². The largest absolute Gasteiger partial charge is 0.496 e. The van der Waals surface area contributed by atoms with Gasteiger partial charge in [-0.2, -0.15) is 0 Å². The van der Waals surface area contributed by atoms with Crippen LogP contribution < -0.4 is 4.74 Å². The van der Waals surface area contributed by atoms with Crippen molar-refractivity contribution in [2.24, 2.45) is 0 Å². The quantitative estimate of drug-likeness (QED) is 0.672. The second kappa shape index (κ2) is 6.27. The molecule has 0 bridgehead atoms. The first-order chi connectivity index (χ1) is 10.0. The molecular weight excluding hydrogens is 294 g/mol. The van der Waals surface area contributed by atoms with Crippen LogP contribution in [0.5, 0.6) is 5.75 Å². The van der Waals surface area contributed by atoms with Crippen LogP contribution in [0, 0.1) is 10.1 Å². The van der Waals surface area contributed by atoms with E-state index in [0.29, 0.717) is 10.6 Å². The van der Waals surface area contributed by atoms with Crippen molar-refractivity contribution in [2.75, 3.05) is 7.11 Å². The number of benzene rings is 2. The fourth-order valence-corrected chi connectivity index (χ4v) is 2.74. The summed E-state index contributed by atoms with van der Waals surface area (Å²) in [5.74, 6) is -0.603. The van der Waals surface area contributed by atoms with E-state index in [1.54, 1.807) is 24.3 Å². The van der Waals surface area contributed by atoms with Crippen molar-refractivity contribution in [3.05, 3.63) is 58.1 Å². The molecule has 0 heterocycles. The molecule has 21 heavy (non-hydrogen) atoms. The van der Waals surface area contributed by atoms with E-state index in [2.05, 4.69) is 0 Å². The molecule has 0 unspecified atom stereocenters. The van der Waals surface area contributed by atoms with E-state index < -0.39 is 10.9 Å². The molecule has 6 nitrogen and oxygen atoms in total. The lowest BCUT2D eigenvalue weighted by Crippen LogP contribution is -2.00. The van der Waals surface area contributed by atoms with Crippen molar-refractivity contribution in [2.45, 2.75) is 9.79 Å². The number of nitrogens with zero attached hydrogens (tertiary/aromatic N) is 1. The molecule has 0 saturated carbocycles. The fraction of sp³-hybridized carbons (Fsp3) is 0.0714. The zero-order valence-electron chi connectivity index (χ0n) is 11.0. The number of nitro benzene ring substituents is 1. The molecule has 108 valence electrons. The summed E-state index contributed by atoms with van der Waals surface area (Å²) in [6, 6.07) is 10.9. The summed E-state index contributed by atoms with van der Waals surface area (Å²) in [5.41, 5.74) is -0.364. The number of non-ortho nitro benzene ring substituents is 1. The van der Waals surface area contributed by atoms with Crippen LogP contribution in [-0.2, 0) is 0 Å². The number of hydrogen-bond donors (Lipinski definition) is 1. The van der Waals surface area contributed by atoms with Crippen LogP contribution >= 0.6 is 11.8 Å². The number of para-hydroxylation sites is 1. The normalized spacial score (nSPS) is 10.1.